The van der Waals surface area contributed by atoms with Gasteiger partial charge in [-0.3, -0.25) is 10.1 Å². The Morgan fingerprint density at radius 1 is 1.38 bits per heavy atom. The van der Waals surface area contributed by atoms with Gasteiger partial charge in [-0.2, -0.15) is 0 Å². The standard InChI is InChI=1S/C16H31N3O2/c1-5-14-12-19(11-10-18(14)3)9-8-16(2,15(20)21-4)17-13-6-7-13/h13-14,17H,5-12H2,1-4H3. The molecule has 1 saturated heterocycles. The monoisotopic (exact) mass is 297 g/mol. The van der Waals surface area contributed by atoms with Crippen LogP contribution in [0.15, 0.2) is 0 Å². The van der Waals surface area contributed by atoms with E-state index in [0.717, 1.165) is 32.6 Å². The zero-order valence-electron chi connectivity index (χ0n) is 14.0. The van der Waals surface area contributed by atoms with E-state index in [1.165, 1.54) is 26.4 Å². The van der Waals surface area contributed by atoms with Crippen LogP contribution in [0.25, 0.3) is 0 Å². The topological polar surface area (TPSA) is 44.8 Å². The van der Waals surface area contributed by atoms with Crippen LogP contribution in [0.4, 0.5) is 0 Å². The van der Waals surface area contributed by atoms with Crippen LogP contribution >= 0.6 is 0 Å². The smallest absolute Gasteiger partial charge is 0.325 e. The van der Waals surface area contributed by atoms with Crippen LogP contribution in [0, 0.1) is 0 Å². The molecule has 1 heterocycles. The van der Waals surface area contributed by atoms with Gasteiger partial charge in [0.25, 0.3) is 0 Å². The lowest BCUT2D eigenvalue weighted by molar-refractivity contribution is -0.148. The third kappa shape index (κ3) is 4.41. The number of methoxy groups -OCH3 is 1. The molecule has 2 atom stereocenters. The molecule has 0 spiro atoms. The first-order valence-corrected chi connectivity index (χ1v) is 8.27. The van der Waals surface area contributed by atoms with Crippen molar-refractivity contribution >= 4 is 5.97 Å². The summed E-state index contributed by atoms with van der Waals surface area (Å²) >= 11 is 0. The van der Waals surface area contributed by atoms with Crippen molar-refractivity contribution in [1.29, 1.82) is 0 Å². The van der Waals surface area contributed by atoms with Crippen LogP contribution in [-0.2, 0) is 9.53 Å². The molecule has 2 aliphatic rings. The summed E-state index contributed by atoms with van der Waals surface area (Å²) in [5, 5.41) is 3.48. The van der Waals surface area contributed by atoms with Crippen molar-refractivity contribution in [3.8, 4) is 0 Å². The summed E-state index contributed by atoms with van der Waals surface area (Å²) in [6, 6.07) is 1.14. The molecule has 5 nitrogen and oxygen atoms in total. The third-order valence-corrected chi connectivity index (χ3v) is 5.00. The predicted octanol–water partition coefficient (Wildman–Crippen LogP) is 1.09. The van der Waals surface area contributed by atoms with E-state index in [1.807, 2.05) is 6.92 Å². The maximum absolute atomic E-state index is 12.1. The van der Waals surface area contributed by atoms with E-state index < -0.39 is 5.54 Å². The highest BCUT2D eigenvalue weighted by Crippen LogP contribution is 2.25. The maximum Gasteiger partial charge on any atom is 0.325 e. The van der Waals surface area contributed by atoms with Crippen LogP contribution in [0.2, 0.25) is 0 Å². The van der Waals surface area contributed by atoms with Gasteiger partial charge in [0, 0.05) is 38.3 Å². The van der Waals surface area contributed by atoms with Gasteiger partial charge in [-0.25, -0.2) is 0 Å². The molecule has 1 saturated carbocycles. The zero-order chi connectivity index (χ0) is 15.5. The SMILES string of the molecule is CCC1CN(CCC(C)(NC2CC2)C(=O)OC)CCN1C. The van der Waals surface area contributed by atoms with Crippen molar-refractivity contribution in [2.45, 2.75) is 57.2 Å². The van der Waals surface area contributed by atoms with Crippen LogP contribution in [0.5, 0.6) is 0 Å². The Labute approximate surface area is 129 Å². The summed E-state index contributed by atoms with van der Waals surface area (Å²) in [5.74, 6) is -0.129. The molecule has 0 aromatic heterocycles. The minimum Gasteiger partial charge on any atom is -0.468 e. The number of hydrogen-bond donors (Lipinski definition) is 1. The molecule has 0 radical (unpaired) electrons. The normalized spacial score (nSPS) is 27.3. The van der Waals surface area contributed by atoms with Gasteiger partial charge in [-0.05, 0) is 39.7 Å². The van der Waals surface area contributed by atoms with Gasteiger partial charge in [0.2, 0.25) is 0 Å². The van der Waals surface area contributed by atoms with Gasteiger partial charge in [-0.1, -0.05) is 6.92 Å². The Bertz CT molecular complexity index is 359. The summed E-state index contributed by atoms with van der Waals surface area (Å²) in [5.41, 5.74) is -0.541. The van der Waals surface area contributed by atoms with Crippen molar-refractivity contribution in [2.75, 3.05) is 40.3 Å². The third-order valence-electron chi connectivity index (χ3n) is 5.00. The van der Waals surface area contributed by atoms with E-state index in [2.05, 4.69) is 29.1 Å². The zero-order valence-corrected chi connectivity index (χ0v) is 14.0. The Morgan fingerprint density at radius 2 is 2.10 bits per heavy atom. The molecule has 2 rings (SSSR count). The molecule has 1 aliphatic carbocycles. The van der Waals surface area contributed by atoms with Crippen molar-refractivity contribution in [3.63, 3.8) is 0 Å². The van der Waals surface area contributed by atoms with E-state index in [9.17, 15) is 4.79 Å². The molecular weight excluding hydrogens is 266 g/mol. The molecule has 0 bridgehead atoms. The first-order chi connectivity index (χ1) is 9.98. The number of rotatable bonds is 7. The number of esters is 1. The van der Waals surface area contributed by atoms with Gasteiger partial charge >= 0.3 is 5.97 Å². The molecule has 2 unspecified atom stereocenters. The molecule has 5 heteroatoms. The lowest BCUT2D eigenvalue weighted by Gasteiger charge is -2.40. The Kier molecular flexibility index (Phi) is 5.63. The van der Waals surface area contributed by atoms with Gasteiger partial charge < -0.3 is 14.5 Å². The average Bonchev–Trinajstić information content (AvgIpc) is 3.29. The number of ether oxygens (including phenoxy) is 1. The average molecular weight is 297 g/mol. The number of carbonyl (C=O) groups excluding carboxylic acids is 1. The van der Waals surface area contributed by atoms with Crippen molar-refractivity contribution < 1.29 is 9.53 Å². The van der Waals surface area contributed by atoms with E-state index >= 15 is 0 Å². The van der Waals surface area contributed by atoms with Gasteiger partial charge in [-0.15, -0.1) is 0 Å². The Hall–Kier alpha value is -0.650. The molecule has 122 valence electrons. The van der Waals surface area contributed by atoms with Crippen molar-refractivity contribution in [2.24, 2.45) is 0 Å². The summed E-state index contributed by atoms with van der Waals surface area (Å²) in [6.45, 7) is 8.50. The van der Waals surface area contributed by atoms with Crippen molar-refractivity contribution in [3.05, 3.63) is 0 Å². The molecule has 1 N–H and O–H groups in total. The fourth-order valence-electron chi connectivity index (χ4n) is 3.17. The highest BCUT2D eigenvalue weighted by molar-refractivity contribution is 5.80. The fraction of sp³-hybridized carbons (Fsp3) is 0.938. The number of carbonyl (C=O) groups is 1. The molecule has 0 aromatic rings. The number of hydrogen-bond acceptors (Lipinski definition) is 5. The van der Waals surface area contributed by atoms with Gasteiger partial charge in [0.15, 0.2) is 0 Å². The van der Waals surface area contributed by atoms with Crippen LogP contribution in [-0.4, -0.2) is 73.7 Å². The first-order valence-electron chi connectivity index (χ1n) is 8.27. The Balaban J connectivity index is 1.87. The van der Waals surface area contributed by atoms with E-state index in [1.54, 1.807) is 0 Å². The van der Waals surface area contributed by atoms with Crippen LogP contribution < -0.4 is 5.32 Å². The fourth-order valence-corrected chi connectivity index (χ4v) is 3.17. The molecule has 0 aromatic carbocycles. The minimum absolute atomic E-state index is 0.129. The van der Waals surface area contributed by atoms with Gasteiger partial charge in [0.1, 0.15) is 5.54 Å². The van der Waals surface area contributed by atoms with Crippen molar-refractivity contribution in [1.82, 2.24) is 15.1 Å². The quantitative estimate of drug-likeness (QED) is 0.713. The van der Waals surface area contributed by atoms with E-state index in [-0.39, 0.29) is 5.97 Å². The van der Waals surface area contributed by atoms with E-state index in [4.69, 9.17) is 4.74 Å². The highest BCUT2D eigenvalue weighted by atomic mass is 16.5. The second-order valence-electron chi connectivity index (χ2n) is 6.84. The lowest BCUT2D eigenvalue weighted by atomic mass is 9.96. The number of nitrogens with one attached hydrogen (secondary N) is 1. The largest absolute Gasteiger partial charge is 0.468 e. The lowest BCUT2D eigenvalue weighted by Crippen LogP contribution is -2.55. The predicted molar refractivity (Wildman–Crippen MR) is 84.3 cm³/mol. The molecule has 2 fully saturated rings. The maximum atomic E-state index is 12.1. The summed E-state index contributed by atoms with van der Waals surface area (Å²) < 4.78 is 5.02. The van der Waals surface area contributed by atoms with Gasteiger partial charge in [0.05, 0.1) is 7.11 Å². The second kappa shape index (κ2) is 7.07. The molecule has 0 amide bonds. The molecular formula is C16H31N3O2. The highest BCUT2D eigenvalue weighted by Gasteiger charge is 2.39. The second-order valence-corrected chi connectivity index (χ2v) is 6.84. The Morgan fingerprint density at radius 3 is 2.67 bits per heavy atom. The van der Waals surface area contributed by atoms with Crippen LogP contribution in [0.3, 0.4) is 0 Å². The number of piperazine rings is 1. The van der Waals surface area contributed by atoms with Crippen LogP contribution in [0.1, 0.15) is 39.5 Å². The number of nitrogens with zero attached hydrogens (tertiary/aromatic N) is 2. The summed E-state index contributed by atoms with van der Waals surface area (Å²) in [7, 11) is 3.69. The summed E-state index contributed by atoms with van der Waals surface area (Å²) in [4.78, 5) is 17.1. The first kappa shape index (κ1) is 16.7. The minimum atomic E-state index is -0.541. The molecule has 21 heavy (non-hydrogen) atoms. The number of likely N-dealkylation sites (N-methyl/N-ethyl adjacent to an activating group) is 1. The molecule has 1 aliphatic heterocycles. The van der Waals surface area contributed by atoms with E-state index in [0.29, 0.717) is 12.1 Å². The summed E-state index contributed by atoms with van der Waals surface area (Å²) in [6.07, 6.45) is 4.36.